The molecular formula is C15H27NO4. The van der Waals surface area contributed by atoms with E-state index in [-0.39, 0.29) is 18.4 Å². The highest BCUT2D eigenvalue weighted by atomic mass is 16.5. The molecule has 5 nitrogen and oxygen atoms in total. The minimum absolute atomic E-state index is 0.0117. The van der Waals surface area contributed by atoms with Crippen molar-refractivity contribution < 1.29 is 19.4 Å². The Hall–Kier alpha value is -1.10. The lowest BCUT2D eigenvalue weighted by atomic mass is 9.97. The molecule has 20 heavy (non-hydrogen) atoms. The summed E-state index contributed by atoms with van der Waals surface area (Å²) in [6, 6.07) is 0. The molecule has 0 saturated carbocycles. The van der Waals surface area contributed by atoms with E-state index in [1.165, 1.54) is 19.3 Å². The molecule has 0 aliphatic carbocycles. The summed E-state index contributed by atoms with van der Waals surface area (Å²) in [5.74, 6) is -1.05. The average Bonchev–Trinajstić information content (AvgIpc) is 2.46. The molecule has 0 unspecified atom stereocenters. The van der Waals surface area contributed by atoms with E-state index in [1.807, 2.05) is 0 Å². The molecule has 1 amide bonds. The quantitative estimate of drug-likeness (QED) is 0.660. The minimum atomic E-state index is -0.750. The van der Waals surface area contributed by atoms with Gasteiger partial charge in [0.25, 0.3) is 0 Å². The van der Waals surface area contributed by atoms with Crippen LogP contribution in [0, 0.1) is 5.92 Å². The zero-order valence-electron chi connectivity index (χ0n) is 12.5. The number of nitrogens with zero attached hydrogens (tertiary/aromatic N) is 1. The third kappa shape index (κ3) is 6.37. The van der Waals surface area contributed by atoms with Crippen LogP contribution in [0.2, 0.25) is 0 Å². The van der Waals surface area contributed by atoms with E-state index in [0.29, 0.717) is 32.5 Å². The van der Waals surface area contributed by atoms with Gasteiger partial charge in [-0.25, -0.2) is 0 Å². The van der Waals surface area contributed by atoms with Crippen molar-refractivity contribution >= 4 is 11.9 Å². The second kappa shape index (κ2) is 9.75. The van der Waals surface area contributed by atoms with Crippen LogP contribution in [0.1, 0.15) is 51.9 Å². The predicted octanol–water partition coefficient (Wildman–Crippen LogP) is 2.30. The molecule has 0 radical (unpaired) electrons. The Morgan fingerprint density at radius 3 is 2.40 bits per heavy atom. The maximum atomic E-state index is 11.9. The van der Waals surface area contributed by atoms with E-state index in [2.05, 4.69) is 6.92 Å². The lowest BCUT2D eigenvalue weighted by Gasteiger charge is -2.30. The van der Waals surface area contributed by atoms with Gasteiger partial charge in [-0.1, -0.05) is 32.6 Å². The molecular weight excluding hydrogens is 258 g/mol. The SMILES string of the molecule is CCCCCCCOCC(=O)N1CCC(C(=O)O)CC1. The van der Waals surface area contributed by atoms with Gasteiger partial charge in [0.05, 0.1) is 5.92 Å². The van der Waals surface area contributed by atoms with Crippen LogP contribution in [0.5, 0.6) is 0 Å². The first-order chi connectivity index (χ1) is 9.65. The van der Waals surface area contributed by atoms with E-state index in [4.69, 9.17) is 9.84 Å². The van der Waals surface area contributed by atoms with E-state index in [0.717, 1.165) is 12.8 Å². The van der Waals surface area contributed by atoms with Crippen molar-refractivity contribution in [3.05, 3.63) is 0 Å². The molecule has 1 fully saturated rings. The Morgan fingerprint density at radius 2 is 1.80 bits per heavy atom. The summed E-state index contributed by atoms with van der Waals surface area (Å²) >= 11 is 0. The third-order valence-corrected chi connectivity index (χ3v) is 3.81. The summed E-state index contributed by atoms with van der Waals surface area (Å²) < 4.78 is 5.40. The van der Waals surface area contributed by atoms with Gasteiger partial charge in [0.1, 0.15) is 6.61 Å². The number of carboxylic acid groups (broad SMARTS) is 1. The number of carbonyl (C=O) groups is 2. The van der Waals surface area contributed by atoms with Crippen molar-refractivity contribution in [2.24, 2.45) is 5.92 Å². The fraction of sp³-hybridized carbons (Fsp3) is 0.867. The van der Waals surface area contributed by atoms with E-state index >= 15 is 0 Å². The van der Waals surface area contributed by atoms with Crippen LogP contribution in [0.25, 0.3) is 0 Å². The van der Waals surface area contributed by atoms with Crippen molar-refractivity contribution in [1.82, 2.24) is 4.90 Å². The van der Waals surface area contributed by atoms with E-state index in [1.54, 1.807) is 4.90 Å². The Labute approximate surface area is 121 Å². The molecule has 0 atom stereocenters. The number of rotatable bonds is 9. The molecule has 116 valence electrons. The van der Waals surface area contributed by atoms with Gasteiger partial charge in [0.15, 0.2) is 0 Å². The molecule has 0 bridgehead atoms. The number of unbranched alkanes of at least 4 members (excludes halogenated alkanes) is 4. The highest BCUT2D eigenvalue weighted by Gasteiger charge is 2.26. The van der Waals surface area contributed by atoms with Gasteiger partial charge in [0.2, 0.25) is 5.91 Å². The van der Waals surface area contributed by atoms with Gasteiger partial charge < -0.3 is 14.7 Å². The summed E-state index contributed by atoms with van der Waals surface area (Å²) in [5.41, 5.74) is 0. The van der Waals surface area contributed by atoms with Crippen molar-refractivity contribution in [2.75, 3.05) is 26.3 Å². The number of carbonyl (C=O) groups excluding carboxylic acids is 1. The number of piperidine rings is 1. The zero-order valence-corrected chi connectivity index (χ0v) is 12.5. The third-order valence-electron chi connectivity index (χ3n) is 3.81. The average molecular weight is 285 g/mol. The van der Waals surface area contributed by atoms with Crippen LogP contribution in [0.4, 0.5) is 0 Å². The number of hydrogen-bond donors (Lipinski definition) is 1. The molecule has 1 aliphatic rings. The van der Waals surface area contributed by atoms with Gasteiger partial charge in [-0.15, -0.1) is 0 Å². The van der Waals surface area contributed by atoms with Gasteiger partial charge in [-0.3, -0.25) is 9.59 Å². The summed E-state index contributed by atoms with van der Waals surface area (Å²) in [7, 11) is 0. The smallest absolute Gasteiger partial charge is 0.306 e. The molecule has 1 heterocycles. The Morgan fingerprint density at radius 1 is 1.15 bits per heavy atom. The first-order valence-corrected chi connectivity index (χ1v) is 7.73. The van der Waals surface area contributed by atoms with Gasteiger partial charge in [0, 0.05) is 19.7 Å². The largest absolute Gasteiger partial charge is 0.481 e. The van der Waals surface area contributed by atoms with Crippen LogP contribution in [-0.4, -0.2) is 48.2 Å². The molecule has 1 N–H and O–H groups in total. The summed E-state index contributed by atoms with van der Waals surface area (Å²) in [4.78, 5) is 24.4. The Balaban J connectivity index is 2.04. The Bertz CT molecular complexity index is 298. The molecule has 1 aliphatic heterocycles. The van der Waals surface area contributed by atoms with Crippen LogP contribution >= 0.6 is 0 Å². The van der Waals surface area contributed by atoms with Gasteiger partial charge in [-0.05, 0) is 19.3 Å². The van der Waals surface area contributed by atoms with Crippen LogP contribution in [-0.2, 0) is 14.3 Å². The number of likely N-dealkylation sites (tertiary alicyclic amines) is 1. The zero-order chi connectivity index (χ0) is 14.8. The minimum Gasteiger partial charge on any atom is -0.481 e. The van der Waals surface area contributed by atoms with E-state index < -0.39 is 5.97 Å². The van der Waals surface area contributed by atoms with E-state index in [9.17, 15) is 9.59 Å². The first kappa shape index (κ1) is 17.0. The van der Waals surface area contributed by atoms with Crippen LogP contribution in [0.15, 0.2) is 0 Å². The molecule has 0 spiro atoms. The van der Waals surface area contributed by atoms with Crippen molar-refractivity contribution in [3.63, 3.8) is 0 Å². The fourth-order valence-corrected chi connectivity index (χ4v) is 2.43. The van der Waals surface area contributed by atoms with Crippen molar-refractivity contribution in [2.45, 2.75) is 51.9 Å². The lowest BCUT2D eigenvalue weighted by Crippen LogP contribution is -2.41. The van der Waals surface area contributed by atoms with Crippen LogP contribution < -0.4 is 0 Å². The number of carboxylic acids is 1. The molecule has 1 rings (SSSR count). The molecule has 0 aromatic heterocycles. The normalized spacial score (nSPS) is 16.4. The second-order valence-electron chi connectivity index (χ2n) is 5.46. The standard InChI is InChI=1S/C15H27NO4/c1-2-3-4-5-6-11-20-12-14(17)16-9-7-13(8-10-16)15(18)19/h13H,2-12H2,1H3,(H,18,19). The van der Waals surface area contributed by atoms with Crippen molar-refractivity contribution in [3.8, 4) is 0 Å². The highest BCUT2D eigenvalue weighted by molar-refractivity contribution is 5.78. The predicted molar refractivity (Wildman–Crippen MR) is 76.5 cm³/mol. The second-order valence-corrected chi connectivity index (χ2v) is 5.46. The monoisotopic (exact) mass is 285 g/mol. The van der Waals surface area contributed by atoms with Crippen molar-refractivity contribution in [1.29, 1.82) is 0 Å². The van der Waals surface area contributed by atoms with Gasteiger partial charge >= 0.3 is 5.97 Å². The maximum Gasteiger partial charge on any atom is 0.306 e. The highest BCUT2D eigenvalue weighted by Crippen LogP contribution is 2.17. The first-order valence-electron chi connectivity index (χ1n) is 7.73. The molecule has 0 aromatic carbocycles. The molecule has 1 saturated heterocycles. The number of amides is 1. The number of hydrogen-bond acceptors (Lipinski definition) is 3. The summed E-state index contributed by atoms with van der Waals surface area (Å²) in [6.07, 6.45) is 7.00. The Kier molecular flexibility index (Phi) is 8.26. The topological polar surface area (TPSA) is 66.8 Å². The summed E-state index contributed by atoms with van der Waals surface area (Å²) in [5, 5.41) is 8.90. The summed E-state index contributed by atoms with van der Waals surface area (Å²) in [6.45, 7) is 4.03. The fourth-order valence-electron chi connectivity index (χ4n) is 2.43. The number of aliphatic carboxylic acids is 1. The van der Waals surface area contributed by atoms with Crippen LogP contribution in [0.3, 0.4) is 0 Å². The van der Waals surface area contributed by atoms with Gasteiger partial charge in [-0.2, -0.15) is 0 Å². The maximum absolute atomic E-state index is 11.9. The number of ether oxygens (including phenoxy) is 1. The molecule has 0 aromatic rings. The lowest BCUT2D eigenvalue weighted by molar-refractivity contribution is -0.146. The molecule has 5 heteroatoms.